The molecule has 31 heavy (non-hydrogen) atoms. The van der Waals surface area contributed by atoms with Crippen molar-refractivity contribution >= 4 is 39.3 Å². The molecule has 0 aliphatic heterocycles. The fourth-order valence-electron chi connectivity index (χ4n) is 3.38. The Bertz CT molecular complexity index is 1190. The molecule has 0 saturated heterocycles. The Hall–Kier alpha value is -2.88. The smallest absolute Gasteiger partial charge is 0.329 e. The van der Waals surface area contributed by atoms with Crippen LogP contribution in [0.5, 0.6) is 5.75 Å². The fourth-order valence-corrected chi connectivity index (χ4v) is 3.75. The van der Waals surface area contributed by atoms with Gasteiger partial charge in [-0.2, -0.15) is 10.1 Å². The number of nitrogens with one attached hydrogen (secondary N) is 2. The summed E-state index contributed by atoms with van der Waals surface area (Å²) in [6, 6.07) is 5.02. The summed E-state index contributed by atoms with van der Waals surface area (Å²) in [4.78, 5) is 31.3. The van der Waals surface area contributed by atoms with Crippen molar-refractivity contribution in [3.8, 4) is 5.75 Å². The molecule has 0 saturated carbocycles. The molecule has 166 valence electrons. The molecule has 3 rings (SSSR count). The van der Waals surface area contributed by atoms with Crippen molar-refractivity contribution in [2.24, 2.45) is 12.1 Å². The van der Waals surface area contributed by atoms with Crippen LogP contribution in [0.1, 0.15) is 51.0 Å². The molecule has 0 fully saturated rings. The van der Waals surface area contributed by atoms with Crippen molar-refractivity contribution in [1.29, 1.82) is 0 Å². The first-order valence-electron chi connectivity index (χ1n) is 10.4. The van der Waals surface area contributed by atoms with Gasteiger partial charge < -0.3 is 9.67 Å². The number of halogens is 1. The zero-order chi connectivity index (χ0) is 22.4. The summed E-state index contributed by atoms with van der Waals surface area (Å²) in [7, 11) is 1.56. The maximum atomic E-state index is 12.5. The van der Waals surface area contributed by atoms with Crippen molar-refractivity contribution in [3.05, 3.63) is 49.1 Å². The van der Waals surface area contributed by atoms with Crippen LogP contribution in [0.3, 0.4) is 0 Å². The molecule has 0 aliphatic rings. The quantitative estimate of drug-likeness (QED) is 0.227. The monoisotopic (exact) mass is 490 g/mol. The normalized spacial score (nSPS) is 11.6. The van der Waals surface area contributed by atoms with Gasteiger partial charge in [0.25, 0.3) is 5.56 Å². The molecule has 0 radical (unpaired) electrons. The van der Waals surface area contributed by atoms with Crippen molar-refractivity contribution in [3.63, 3.8) is 0 Å². The predicted octanol–water partition coefficient (Wildman–Crippen LogP) is 3.70. The minimum Gasteiger partial charge on any atom is -0.507 e. The third kappa shape index (κ3) is 5.43. The number of phenols is 1. The molecule has 0 spiro atoms. The highest BCUT2D eigenvalue weighted by Gasteiger charge is 2.17. The van der Waals surface area contributed by atoms with Crippen LogP contribution in [0.2, 0.25) is 0 Å². The average molecular weight is 491 g/mol. The maximum Gasteiger partial charge on any atom is 0.329 e. The van der Waals surface area contributed by atoms with Gasteiger partial charge in [0.05, 0.1) is 6.21 Å². The van der Waals surface area contributed by atoms with Gasteiger partial charge in [-0.1, -0.05) is 55.0 Å². The molecule has 2 heterocycles. The molecule has 0 aliphatic carbocycles. The van der Waals surface area contributed by atoms with Crippen LogP contribution in [0, 0.1) is 0 Å². The molecule has 0 bridgehead atoms. The molecule has 3 N–H and O–H groups in total. The Morgan fingerprint density at radius 3 is 2.74 bits per heavy atom. The Kier molecular flexibility index (Phi) is 7.67. The van der Waals surface area contributed by atoms with Gasteiger partial charge in [0, 0.05) is 23.6 Å². The minimum atomic E-state index is -0.518. The van der Waals surface area contributed by atoms with Crippen LogP contribution in [-0.4, -0.2) is 30.4 Å². The summed E-state index contributed by atoms with van der Waals surface area (Å²) < 4.78 is 3.87. The van der Waals surface area contributed by atoms with Crippen molar-refractivity contribution in [1.82, 2.24) is 19.1 Å². The van der Waals surface area contributed by atoms with E-state index in [2.05, 4.69) is 43.3 Å². The molecular formula is C21H27BrN6O3. The zero-order valence-corrected chi connectivity index (χ0v) is 19.3. The van der Waals surface area contributed by atoms with Gasteiger partial charge in [-0.3, -0.25) is 14.3 Å². The van der Waals surface area contributed by atoms with E-state index in [0.29, 0.717) is 29.2 Å². The number of hydrazone groups is 1. The van der Waals surface area contributed by atoms with Crippen molar-refractivity contribution < 1.29 is 5.11 Å². The SMILES string of the molecule is CCCCCCCCn1c(N/N=C/c2cc(Br)ccc2O)nc2c1c(=O)[nH]c(=O)n2C. The van der Waals surface area contributed by atoms with Crippen LogP contribution in [0.4, 0.5) is 5.95 Å². The van der Waals surface area contributed by atoms with E-state index in [1.165, 1.54) is 30.0 Å². The summed E-state index contributed by atoms with van der Waals surface area (Å²) in [5.74, 6) is 0.453. The predicted molar refractivity (Wildman–Crippen MR) is 126 cm³/mol. The van der Waals surface area contributed by atoms with Gasteiger partial charge in [-0.25, -0.2) is 10.2 Å². The number of aromatic nitrogens is 4. The lowest BCUT2D eigenvalue weighted by molar-refractivity contribution is 0.474. The van der Waals surface area contributed by atoms with E-state index in [9.17, 15) is 14.7 Å². The summed E-state index contributed by atoms with van der Waals surface area (Å²) in [6.45, 7) is 2.75. The number of hydrogen-bond donors (Lipinski definition) is 3. The highest BCUT2D eigenvalue weighted by atomic mass is 79.9. The van der Waals surface area contributed by atoms with Crippen LogP contribution >= 0.6 is 15.9 Å². The lowest BCUT2D eigenvalue weighted by atomic mass is 10.1. The fraction of sp³-hybridized carbons (Fsp3) is 0.429. The first-order valence-corrected chi connectivity index (χ1v) is 11.2. The van der Waals surface area contributed by atoms with E-state index in [-0.39, 0.29) is 5.75 Å². The highest BCUT2D eigenvalue weighted by molar-refractivity contribution is 9.10. The molecule has 0 unspecified atom stereocenters. The van der Waals surface area contributed by atoms with Crippen LogP contribution in [0.25, 0.3) is 11.2 Å². The van der Waals surface area contributed by atoms with E-state index in [1.54, 1.807) is 29.8 Å². The van der Waals surface area contributed by atoms with Gasteiger partial charge in [-0.05, 0) is 24.6 Å². The second kappa shape index (κ2) is 10.4. The summed E-state index contributed by atoms with van der Waals surface area (Å²) in [5, 5.41) is 14.1. The molecule has 9 nitrogen and oxygen atoms in total. The third-order valence-corrected chi connectivity index (χ3v) is 5.59. The van der Waals surface area contributed by atoms with E-state index >= 15 is 0 Å². The van der Waals surface area contributed by atoms with Crippen LogP contribution in [-0.2, 0) is 13.6 Å². The second-order valence-electron chi connectivity index (χ2n) is 7.42. The van der Waals surface area contributed by atoms with Crippen molar-refractivity contribution in [2.75, 3.05) is 5.43 Å². The lowest BCUT2D eigenvalue weighted by Crippen LogP contribution is -2.29. The number of benzene rings is 1. The molecule has 2 aromatic heterocycles. The van der Waals surface area contributed by atoms with Crippen molar-refractivity contribution in [2.45, 2.75) is 52.0 Å². The van der Waals surface area contributed by atoms with Gasteiger partial charge in [-0.15, -0.1) is 0 Å². The Morgan fingerprint density at radius 1 is 1.23 bits per heavy atom. The van der Waals surface area contributed by atoms with E-state index in [1.807, 2.05) is 0 Å². The Labute approximate surface area is 188 Å². The first kappa shape index (κ1) is 22.8. The van der Waals surface area contributed by atoms with Crippen LogP contribution in [0.15, 0.2) is 37.4 Å². The number of unbranched alkanes of at least 4 members (excludes halogenated alkanes) is 5. The van der Waals surface area contributed by atoms with Gasteiger partial charge in [0.2, 0.25) is 5.95 Å². The number of nitrogens with zero attached hydrogens (tertiary/aromatic N) is 4. The summed E-state index contributed by atoms with van der Waals surface area (Å²) in [6.07, 6.45) is 8.13. The molecule has 10 heteroatoms. The maximum absolute atomic E-state index is 12.5. The number of aromatic hydroxyl groups is 1. The van der Waals surface area contributed by atoms with Gasteiger partial charge >= 0.3 is 5.69 Å². The standard InChI is InChI=1S/C21H27BrN6O3/c1-3-4-5-6-7-8-11-28-17-18(27(2)21(31)25-19(17)30)24-20(28)26-23-13-14-12-15(22)9-10-16(14)29/h9-10,12-13,29H,3-8,11H2,1-2H3,(H,24,26)(H,25,30,31)/b23-13+. The second-order valence-corrected chi connectivity index (χ2v) is 8.33. The molecule has 1 aromatic carbocycles. The zero-order valence-electron chi connectivity index (χ0n) is 17.7. The Morgan fingerprint density at radius 2 is 1.97 bits per heavy atom. The largest absolute Gasteiger partial charge is 0.507 e. The topological polar surface area (TPSA) is 117 Å². The summed E-state index contributed by atoms with van der Waals surface area (Å²) >= 11 is 3.36. The lowest BCUT2D eigenvalue weighted by Gasteiger charge is -2.08. The van der Waals surface area contributed by atoms with Crippen LogP contribution < -0.4 is 16.7 Å². The molecule has 0 atom stereocenters. The number of aryl methyl sites for hydroxylation is 2. The number of imidazole rings is 1. The third-order valence-electron chi connectivity index (χ3n) is 5.10. The highest BCUT2D eigenvalue weighted by Crippen LogP contribution is 2.21. The number of phenolic OH excluding ortho intramolecular Hbond substituents is 1. The summed E-state index contributed by atoms with van der Waals surface area (Å²) in [5.41, 5.74) is 3.01. The Balaban J connectivity index is 1.88. The first-order chi connectivity index (χ1) is 14.9. The molecule has 0 amide bonds. The number of H-pyrrole nitrogens is 1. The van der Waals surface area contributed by atoms with Gasteiger partial charge in [0.1, 0.15) is 5.75 Å². The number of hydrogen-bond acceptors (Lipinski definition) is 6. The van der Waals surface area contributed by atoms with E-state index < -0.39 is 11.2 Å². The molecular weight excluding hydrogens is 464 g/mol. The van der Waals surface area contributed by atoms with Gasteiger partial charge in [0.15, 0.2) is 11.2 Å². The number of fused-ring (bicyclic) bond motifs is 1. The van der Waals surface area contributed by atoms with E-state index in [0.717, 1.165) is 23.7 Å². The molecule has 3 aromatic rings. The average Bonchev–Trinajstić information content (AvgIpc) is 3.10. The number of anilines is 1. The van der Waals surface area contributed by atoms with E-state index in [4.69, 9.17) is 0 Å². The number of aromatic amines is 1. The number of rotatable bonds is 10. The minimum absolute atomic E-state index is 0.0909.